The van der Waals surface area contributed by atoms with Crippen LogP contribution in [0.3, 0.4) is 0 Å². The number of esters is 1. The molecule has 0 radical (unpaired) electrons. The van der Waals surface area contributed by atoms with E-state index in [-0.39, 0.29) is 13.2 Å². The minimum atomic E-state index is -0.471. The fourth-order valence-electron chi connectivity index (χ4n) is 1.72. The molecule has 0 saturated carbocycles. The van der Waals surface area contributed by atoms with E-state index in [0.717, 1.165) is 5.56 Å². The second kappa shape index (κ2) is 6.02. The summed E-state index contributed by atoms with van der Waals surface area (Å²) in [4.78, 5) is 11.6. The highest BCUT2D eigenvalue weighted by Gasteiger charge is 2.13. The van der Waals surface area contributed by atoms with Crippen LogP contribution in [0.25, 0.3) is 0 Å². The van der Waals surface area contributed by atoms with Crippen LogP contribution in [0.4, 0.5) is 0 Å². The van der Waals surface area contributed by atoms with Gasteiger partial charge in [0, 0.05) is 0 Å². The average molecular weight is 233 g/mol. The predicted octanol–water partition coefficient (Wildman–Crippen LogP) is 1.79. The number of hydrogen-bond donors (Lipinski definition) is 1. The first-order valence-electron chi connectivity index (χ1n) is 5.51. The molecule has 17 heavy (non-hydrogen) atoms. The van der Waals surface area contributed by atoms with E-state index in [1.807, 2.05) is 13.0 Å². The van der Waals surface area contributed by atoms with Crippen LogP contribution in [-0.2, 0) is 17.8 Å². The van der Waals surface area contributed by atoms with Crippen molar-refractivity contribution in [2.24, 2.45) is 0 Å². The van der Waals surface area contributed by atoms with E-state index in [4.69, 9.17) is 10.00 Å². The van der Waals surface area contributed by atoms with Gasteiger partial charge in [-0.2, -0.15) is 5.26 Å². The number of rotatable bonds is 4. The lowest BCUT2D eigenvalue weighted by atomic mass is 9.96. The Morgan fingerprint density at radius 3 is 2.65 bits per heavy atom. The Kier molecular flexibility index (Phi) is 4.68. The number of carbonyl (C=O) groups is 1. The predicted molar refractivity (Wildman–Crippen MR) is 62.4 cm³/mol. The molecular formula is C13H15NO3. The monoisotopic (exact) mass is 233 g/mol. The van der Waals surface area contributed by atoms with Gasteiger partial charge in [0.1, 0.15) is 0 Å². The molecule has 0 aliphatic heterocycles. The van der Waals surface area contributed by atoms with E-state index < -0.39 is 5.97 Å². The van der Waals surface area contributed by atoms with Gasteiger partial charge in [0.25, 0.3) is 0 Å². The summed E-state index contributed by atoms with van der Waals surface area (Å²) in [5.41, 5.74) is 2.12. The normalized spacial score (nSPS) is 9.76. The van der Waals surface area contributed by atoms with Gasteiger partial charge in [0.15, 0.2) is 0 Å². The van der Waals surface area contributed by atoms with Crippen LogP contribution < -0.4 is 0 Å². The quantitative estimate of drug-likeness (QED) is 0.805. The third-order valence-corrected chi connectivity index (χ3v) is 2.50. The molecule has 0 unspecified atom stereocenters. The molecule has 1 rings (SSSR count). The fourth-order valence-corrected chi connectivity index (χ4v) is 1.72. The van der Waals surface area contributed by atoms with Gasteiger partial charge in [-0.25, -0.2) is 4.79 Å². The molecule has 0 aliphatic carbocycles. The van der Waals surface area contributed by atoms with Crippen molar-refractivity contribution in [2.45, 2.75) is 26.9 Å². The summed E-state index contributed by atoms with van der Waals surface area (Å²) in [6.45, 7) is 3.71. The zero-order valence-corrected chi connectivity index (χ0v) is 9.99. The molecule has 0 amide bonds. The molecule has 1 N–H and O–H groups in total. The molecule has 1 aromatic rings. The molecule has 4 heteroatoms. The fraction of sp³-hybridized carbons (Fsp3) is 0.385. The van der Waals surface area contributed by atoms with Crippen LogP contribution in [0.15, 0.2) is 12.1 Å². The molecule has 90 valence electrons. The van der Waals surface area contributed by atoms with E-state index in [9.17, 15) is 9.90 Å². The first-order valence-corrected chi connectivity index (χ1v) is 5.51. The van der Waals surface area contributed by atoms with Gasteiger partial charge in [0.2, 0.25) is 0 Å². The smallest absolute Gasteiger partial charge is 0.338 e. The maximum Gasteiger partial charge on any atom is 0.338 e. The lowest BCUT2D eigenvalue weighted by Crippen LogP contribution is -2.08. The van der Waals surface area contributed by atoms with Crippen molar-refractivity contribution >= 4 is 5.97 Å². The Labute approximate surface area is 100 Å². The number of aliphatic hydroxyl groups excluding tert-OH is 1. The second-order valence-electron chi connectivity index (χ2n) is 3.51. The molecule has 0 saturated heterocycles. The van der Waals surface area contributed by atoms with E-state index >= 15 is 0 Å². The Bertz CT molecular complexity index is 460. The van der Waals surface area contributed by atoms with E-state index in [2.05, 4.69) is 0 Å². The molecular weight excluding hydrogens is 218 g/mol. The summed E-state index contributed by atoms with van der Waals surface area (Å²) in [6.07, 6.45) is 0.641. The summed E-state index contributed by atoms with van der Waals surface area (Å²) in [7, 11) is 0. The van der Waals surface area contributed by atoms with Crippen molar-refractivity contribution in [1.29, 1.82) is 5.26 Å². The zero-order chi connectivity index (χ0) is 12.8. The average Bonchev–Trinajstić information content (AvgIpc) is 2.37. The van der Waals surface area contributed by atoms with E-state index in [1.54, 1.807) is 13.0 Å². The summed E-state index contributed by atoms with van der Waals surface area (Å²) in [5, 5.41) is 18.3. The van der Waals surface area contributed by atoms with Crippen LogP contribution in [0.1, 0.15) is 40.9 Å². The van der Waals surface area contributed by atoms with Gasteiger partial charge in [-0.05, 0) is 36.6 Å². The van der Waals surface area contributed by atoms with Crippen LogP contribution >= 0.6 is 0 Å². The van der Waals surface area contributed by atoms with E-state index in [0.29, 0.717) is 23.1 Å². The molecule has 0 aromatic heterocycles. The molecule has 0 atom stereocenters. The minimum absolute atomic E-state index is 0.189. The van der Waals surface area contributed by atoms with Gasteiger partial charge in [0.05, 0.1) is 30.4 Å². The molecule has 0 spiro atoms. The van der Waals surface area contributed by atoms with Crippen molar-refractivity contribution < 1.29 is 14.6 Å². The Balaban J connectivity index is 3.28. The first-order chi connectivity index (χ1) is 8.17. The minimum Gasteiger partial charge on any atom is -0.462 e. The SMILES string of the molecule is CCOC(=O)c1cc(C#N)c(CC)c(CO)c1. The maximum absolute atomic E-state index is 11.6. The third kappa shape index (κ3) is 2.83. The molecule has 4 nitrogen and oxygen atoms in total. The molecule has 0 fully saturated rings. The zero-order valence-electron chi connectivity index (χ0n) is 9.99. The van der Waals surface area contributed by atoms with Crippen LogP contribution in [0, 0.1) is 11.3 Å². The Morgan fingerprint density at radius 2 is 2.18 bits per heavy atom. The van der Waals surface area contributed by atoms with Crippen LogP contribution in [-0.4, -0.2) is 17.7 Å². The van der Waals surface area contributed by atoms with E-state index in [1.165, 1.54) is 6.07 Å². The second-order valence-corrected chi connectivity index (χ2v) is 3.51. The number of hydrogen-bond acceptors (Lipinski definition) is 4. The number of aliphatic hydroxyl groups is 1. The van der Waals surface area contributed by atoms with Gasteiger partial charge >= 0.3 is 5.97 Å². The van der Waals surface area contributed by atoms with Gasteiger partial charge in [-0.15, -0.1) is 0 Å². The lowest BCUT2D eigenvalue weighted by molar-refractivity contribution is 0.0526. The molecule has 0 heterocycles. The van der Waals surface area contributed by atoms with Crippen molar-refractivity contribution in [3.05, 3.63) is 34.4 Å². The number of benzene rings is 1. The van der Waals surface area contributed by atoms with Gasteiger partial charge in [-0.1, -0.05) is 6.92 Å². The van der Waals surface area contributed by atoms with Crippen molar-refractivity contribution in [2.75, 3.05) is 6.61 Å². The number of carbonyl (C=O) groups excluding carboxylic acids is 1. The van der Waals surface area contributed by atoms with Crippen LogP contribution in [0.2, 0.25) is 0 Å². The summed E-state index contributed by atoms with van der Waals surface area (Å²) in [5.74, 6) is -0.471. The maximum atomic E-state index is 11.6. The first kappa shape index (κ1) is 13.2. The summed E-state index contributed by atoms with van der Waals surface area (Å²) in [6, 6.07) is 5.13. The third-order valence-electron chi connectivity index (χ3n) is 2.50. The topological polar surface area (TPSA) is 70.3 Å². The van der Waals surface area contributed by atoms with Crippen molar-refractivity contribution in [3.8, 4) is 6.07 Å². The summed E-state index contributed by atoms with van der Waals surface area (Å²) >= 11 is 0. The molecule has 1 aromatic carbocycles. The number of ether oxygens (including phenoxy) is 1. The molecule has 0 bridgehead atoms. The largest absolute Gasteiger partial charge is 0.462 e. The van der Waals surface area contributed by atoms with Crippen LogP contribution in [0.5, 0.6) is 0 Å². The highest BCUT2D eigenvalue weighted by molar-refractivity contribution is 5.90. The standard InChI is InChI=1S/C13H15NO3/c1-3-12-10(7-14)5-9(6-11(12)8-15)13(16)17-4-2/h5-6,15H,3-4,8H2,1-2H3. The highest BCUT2D eigenvalue weighted by atomic mass is 16.5. The number of nitriles is 1. The lowest BCUT2D eigenvalue weighted by Gasteiger charge is -2.10. The Hall–Kier alpha value is -1.86. The highest BCUT2D eigenvalue weighted by Crippen LogP contribution is 2.19. The number of nitrogens with zero attached hydrogens (tertiary/aromatic N) is 1. The molecule has 0 aliphatic rings. The van der Waals surface area contributed by atoms with Crippen molar-refractivity contribution in [1.82, 2.24) is 0 Å². The Morgan fingerprint density at radius 1 is 1.47 bits per heavy atom. The van der Waals surface area contributed by atoms with Gasteiger partial charge in [-0.3, -0.25) is 0 Å². The summed E-state index contributed by atoms with van der Waals surface area (Å²) < 4.78 is 4.87. The van der Waals surface area contributed by atoms with Crippen molar-refractivity contribution in [3.63, 3.8) is 0 Å². The van der Waals surface area contributed by atoms with Gasteiger partial charge < -0.3 is 9.84 Å².